The summed E-state index contributed by atoms with van der Waals surface area (Å²) in [5.41, 5.74) is 9.10. The van der Waals surface area contributed by atoms with Gasteiger partial charge in [0, 0.05) is 18.5 Å². The Labute approximate surface area is 367 Å². The van der Waals surface area contributed by atoms with Crippen LogP contribution in [-0.2, 0) is 28.5 Å². The molecule has 3 saturated heterocycles. The zero-order chi connectivity index (χ0) is 44.2. The number of amides is 4. The molecule has 2 bridgehead atoms. The smallest absolute Gasteiger partial charge is 0.407 e. The van der Waals surface area contributed by atoms with Crippen LogP contribution in [0.15, 0.2) is 48.8 Å². The van der Waals surface area contributed by atoms with E-state index < -0.39 is 36.1 Å². The molecule has 4 amide bonds. The average molecular weight is 863 g/mol. The van der Waals surface area contributed by atoms with Crippen molar-refractivity contribution in [3.8, 4) is 33.6 Å². The van der Waals surface area contributed by atoms with Crippen LogP contribution in [-0.4, -0.2) is 112 Å². The van der Waals surface area contributed by atoms with Crippen molar-refractivity contribution in [3.05, 3.63) is 71.6 Å². The van der Waals surface area contributed by atoms with E-state index in [4.69, 9.17) is 28.9 Å². The molecule has 16 heteroatoms. The highest BCUT2D eigenvalue weighted by Gasteiger charge is 2.53. The Hall–Kier alpha value is -5.74. The molecular formula is C47H58N8O8. The number of aromatic amines is 2. The zero-order valence-corrected chi connectivity index (χ0v) is 36.9. The van der Waals surface area contributed by atoms with Gasteiger partial charge in [-0.3, -0.25) is 9.59 Å². The number of hydrogen-bond donors (Lipinski definition) is 4. The summed E-state index contributed by atoms with van der Waals surface area (Å²) < 4.78 is 21.8. The summed E-state index contributed by atoms with van der Waals surface area (Å²) in [6.45, 7) is 9.30. The van der Waals surface area contributed by atoms with Crippen molar-refractivity contribution in [2.45, 2.75) is 108 Å². The van der Waals surface area contributed by atoms with E-state index in [0.717, 1.165) is 54.0 Å². The summed E-state index contributed by atoms with van der Waals surface area (Å²) in [6, 6.07) is 10.9. The molecule has 3 aliphatic heterocycles. The van der Waals surface area contributed by atoms with Crippen LogP contribution in [0.1, 0.15) is 113 Å². The average Bonchev–Trinajstić information content (AvgIpc) is 4.15. The van der Waals surface area contributed by atoms with E-state index in [9.17, 15) is 19.2 Å². The number of ether oxygens (including phenoxy) is 4. The molecule has 1 saturated carbocycles. The van der Waals surface area contributed by atoms with Crippen LogP contribution < -0.4 is 10.6 Å². The number of fused-ring (bicyclic) bond motifs is 5. The minimum absolute atomic E-state index is 0.110. The number of H-pyrrole nitrogens is 2. The molecule has 6 atom stereocenters. The molecule has 16 nitrogen and oxygen atoms in total. The maximum absolute atomic E-state index is 14.1. The number of methoxy groups -OCH3 is 2. The Morgan fingerprint density at radius 1 is 0.714 bits per heavy atom. The van der Waals surface area contributed by atoms with Crippen molar-refractivity contribution in [1.29, 1.82) is 0 Å². The van der Waals surface area contributed by atoms with E-state index in [2.05, 4.69) is 57.0 Å². The molecule has 5 heterocycles. The highest BCUT2D eigenvalue weighted by molar-refractivity contribution is 5.87. The Balaban J connectivity index is 0.955. The lowest BCUT2D eigenvalue weighted by atomic mass is 9.82. The first kappa shape index (κ1) is 42.6. The first-order chi connectivity index (χ1) is 30.4. The Morgan fingerprint density at radius 2 is 1.25 bits per heavy atom. The summed E-state index contributed by atoms with van der Waals surface area (Å²) in [7, 11) is 2.58. The van der Waals surface area contributed by atoms with Gasteiger partial charge in [-0.25, -0.2) is 19.6 Å². The predicted molar refractivity (Wildman–Crippen MR) is 232 cm³/mol. The van der Waals surface area contributed by atoms with Crippen molar-refractivity contribution in [1.82, 2.24) is 40.4 Å². The van der Waals surface area contributed by atoms with Crippen molar-refractivity contribution < 1.29 is 38.1 Å². The molecule has 6 unspecified atom stereocenters. The van der Waals surface area contributed by atoms with Crippen molar-refractivity contribution in [3.63, 3.8) is 0 Å². The predicted octanol–water partition coefficient (Wildman–Crippen LogP) is 6.94. The van der Waals surface area contributed by atoms with Crippen LogP contribution in [0.2, 0.25) is 0 Å². The fourth-order valence-electron chi connectivity index (χ4n) is 10.7. The van der Waals surface area contributed by atoms with Crippen LogP contribution in [0.3, 0.4) is 0 Å². The number of alkyl carbamates (subject to hydrolysis) is 2. The first-order valence-corrected chi connectivity index (χ1v) is 22.3. The Morgan fingerprint density at radius 3 is 1.87 bits per heavy atom. The molecule has 0 radical (unpaired) electrons. The number of hydrogen-bond acceptors (Lipinski definition) is 10. The molecular weight excluding hydrogens is 805 g/mol. The van der Waals surface area contributed by atoms with Gasteiger partial charge < -0.3 is 49.3 Å². The van der Waals surface area contributed by atoms with Crippen molar-refractivity contribution in [2.24, 2.45) is 11.8 Å². The largest absolute Gasteiger partial charge is 0.453 e. The SMILES string of the molecule is COC(=O)NC(C(=O)N1CC2(CC1c1ncc(-c3ccc(-c4ccc(-c5cnc(C6CCCN6C(=O)C(NC(=O)OC)C(C)C)[nH]5)c5c4C4CCC5C4)cc3)[nH]1)OCCO2)C(C)C. The fourth-order valence-corrected chi connectivity index (χ4v) is 10.7. The Bertz CT molecular complexity index is 2370. The van der Waals surface area contributed by atoms with Crippen LogP contribution >= 0.6 is 0 Å². The minimum Gasteiger partial charge on any atom is -0.453 e. The van der Waals surface area contributed by atoms with E-state index in [-0.39, 0.29) is 36.2 Å². The van der Waals surface area contributed by atoms with Gasteiger partial charge in [0.2, 0.25) is 11.8 Å². The molecule has 5 aliphatic rings. The Kier molecular flexibility index (Phi) is 11.5. The third-order valence-electron chi connectivity index (χ3n) is 13.9. The van der Waals surface area contributed by atoms with Crippen LogP contribution in [0.4, 0.5) is 9.59 Å². The van der Waals surface area contributed by atoms with Crippen LogP contribution in [0.25, 0.3) is 33.6 Å². The number of imidazole rings is 2. The van der Waals surface area contributed by atoms with E-state index in [1.165, 1.54) is 42.9 Å². The summed E-state index contributed by atoms with van der Waals surface area (Å²) in [6.07, 6.45) is 7.94. The number of carbonyl (C=O) groups is 4. The molecule has 9 rings (SSSR count). The van der Waals surface area contributed by atoms with Gasteiger partial charge in [-0.05, 0) is 83.6 Å². The second kappa shape index (κ2) is 17.1. The fraction of sp³-hybridized carbons (Fsp3) is 0.532. The number of benzene rings is 2. The lowest BCUT2D eigenvalue weighted by Crippen LogP contribution is -2.52. The van der Waals surface area contributed by atoms with Gasteiger partial charge in [-0.1, -0.05) is 64.1 Å². The molecule has 2 aromatic heterocycles. The highest BCUT2D eigenvalue weighted by Crippen LogP contribution is 2.58. The second-order valence-corrected chi connectivity index (χ2v) is 18.3. The quantitative estimate of drug-likeness (QED) is 0.123. The molecule has 4 fully saturated rings. The molecule has 2 aliphatic carbocycles. The second-order valence-electron chi connectivity index (χ2n) is 18.3. The van der Waals surface area contributed by atoms with Crippen LogP contribution in [0, 0.1) is 11.8 Å². The zero-order valence-electron chi connectivity index (χ0n) is 36.9. The molecule has 1 spiro atoms. The third-order valence-corrected chi connectivity index (χ3v) is 13.9. The normalized spacial score (nSPS) is 23.1. The molecule has 4 N–H and O–H groups in total. The molecule has 334 valence electrons. The van der Waals surface area contributed by atoms with E-state index >= 15 is 0 Å². The highest BCUT2D eigenvalue weighted by atomic mass is 16.7. The number of rotatable bonds is 11. The lowest BCUT2D eigenvalue weighted by molar-refractivity contribution is -0.153. The molecule has 2 aromatic carbocycles. The maximum Gasteiger partial charge on any atom is 0.407 e. The van der Waals surface area contributed by atoms with Crippen LogP contribution in [0.5, 0.6) is 0 Å². The summed E-state index contributed by atoms with van der Waals surface area (Å²) >= 11 is 0. The van der Waals surface area contributed by atoms with Gasteiger partial charge in [0.15, 0.2) is 5.79 Å². The topological polar surface area (TPSA) is 193 Å². The summed E-state index contributed by atoms with van der Waals surface area (Å²) in [5, 5.41) is 5.45. The van der Waals surface area contributed by atoms with E-state index in [1.807, 2.05) is 38.8 Å². The van der Waals surface area contributed by atoms with Gasteiger partial charge in [0.1, 0.15) is 23.7 Å². The van der Waals surface area contributed by atoms with Gasteiger partial charge in [0.25, 0.3) is 0 Å². The minimum atomic E-state index is -0.933. The van der Waals surface area contributed by atoms with Gasteiger partial charge in [0.05, 0.1) is 69.8 Å². The molecule has 63 heavy (non-hydrogen) atoms. The first-order valence-electron chi connectivity index (χ1n) is 22.3. The van der Waals surface area contributed by atoms with Gasteiger partial charge >= 0.3 is 12.2 Å². The van der Waals surface area contributed by atoms with E-state index in [0.29, 0.717) is 43.8 Å². The van der Waals surface area contributed by atoms with Crippen molar-refractivity contribution in [2.75, 3.05) is 40.5 Å². The third kappa shape index (κ3) is 7.85. The van der Waals surface area contributed by atoms with Crippen molar-refractivity contribution >= 4 is 24.0 Å². The van der Waals surface area contributed by atoms with E-state index in [1.54, 1.807) is 11.1 Å². The van der Waals surface area contributed by atoms with Gasteiger partial charge in [-0.15, -0.1) is 0 Å². The lowest BCUT2D eigenvalue weighted by Gasteiger charge is -2.30. The number of aromatic nitrogens is 4. The number of likely N-dealkylation sites (tertiary alicyclic amines) is 2. The number of carbonyl (C=O) groups excluding carboxylic acids is 4. The molecule has 4 aromatic rings. The number of nitrogens with zero attached hydrogens (tertiary/aromatic N) is 4. The number of nitrogens with one attached hydrogen (secondary N) is 4. The van der Waals surface area contributed by atoms with Gasteiger partial charge in [-0.2, -0.15) is 0 Å². The summed E-state index contributed by atoms with van der Waals surface area (Å²) in [4.78, 5) is 72.5. The standard InChI is InChI=1S/C47H58N8O8/c1-25(2)39(52-45(58)60-5)43(56)54-17-7-8-35(54)41-49-23-34(51-41)32-16-15-31(37-29-13-14-30(20-29)38(32)37)27-9-11-28(12-10-27)33-22-48-42(50-33)36-21-47(62-18-19-63-47)24-55(36)44(57)40(26(3)4)53-46(59)61-6/h9-12,15-16,22-23,25-26,29-30,35-36,39-40H,7-8,13-14,17-21,24H2,1-6H3,(H,48,50)(H,49,51)(H,52,58)(H,53,59). The monoisotopic (exact) mass is 862 g/mol. The summed E-state index contributed by atoms with van der Waals surface area (Å²) in [5.74, 6) is 0.732. The maximum atomic E-state index is 14.1.